The van der Waals surface area contributed by atoms with Gasteiger partial charge in [0, 0.05) is 36.8 Å². The summed E-state index contributed by atoms with van der Waals surface area (Å²) in [5.74, 6) is 0.0668. The second-order valence-electron chi connectivity index (χ2n) is 9.21. The summed E-state index contributed by atoms with van der Waals surface area (Å²) in [6, 6.07) is 15.0. The first-order chi connectivity index (χ1) is 15.7. The second kappa shape index (κ2) is 8.99. The first kappa shape index (κ1) is 21.1. The monoisotopic (exact) mass is 432 g/mol. The lowest BCUT2D eigenvalue weighted by Crippen LogP contribution is -2.47. The maximum Gasteiger partial charge on any atom is 0.233 e. The zero-order valence-corrected chi connectivity index (χ0v) is 18.3. The van der Waals surface area contributed by atoms with Crippen molar-refractivity contribution in [1.82, 2.24) is 9.88 Å². The molecule has 2 heterocycles. The standard InChI is InChI=1S/C27H29FN2O2/c28-24-8-4-7-23(16-24)27(10-1-2-11-27)26(31)30-13-14-32-19-20(18-30)15-22-6-3-5-21-9-12-29-17-25(21)22/h3-9,12,16-17,20H,1-2,10-11,13-15,18-19H2. The van der Waals surface area contributed by atoms with Crippen molar-refractivity contribution >= 4 is 16.7 Å². The van der Waals surface area contributed by atoms with Crippen molar-refractivity contribution in [3.05, 3.63) is 77.9 Å². The molecular formula is C27H29FN2O2. The van der Waals surface area contributed by atoms with Crippen LogP contribution in [0.3, 0.4) is 0 Å². The van der Waals surface area contributed by atoms with Gasteiger partial charge in [-0.3, -0.25) is 9.78 Å². The zero-order valence-electron chi connectivity index (χ0n) is 18.3. The number of nitrogens with zero attached hydrogens (tertiary/aromatic N) is 2. The van der Waals surface area contributed by atoms with Gasteiger partial charge in [-0.1, -0.05) is 43.2 Å². The van der Waals surface area contributed by atoms with Crippen LogP contribution < -0.4 is 0 Å². The molecule has 0 radical (unpaired) electrons. The number of carbonyl (C=O) groups excluding carboxylic acids is 1. The average Bonchev–Trinajstić information content (AvgIpc) is 3.21. The van der Waals surface area contributed by atoms with Crippen LogP contribution in [0, 0.1) is 11.7 Å². The maximum atomic E-state index is 14.0. The van der Waals surface area contributed by atoms with Gasteiger partial charge in [-0.25, -0.2) is 4.39 Å². The molecular weight excluding hydrogens is 403 g/mol. The molecule has 1 saturated carbocycles. The van der Waals surface area contributed by atoms with E-state index in [1.165, 1.54) is 17.0 Å². The summed E-state index contributed by atoms with van der Waals surface area (Å²) in [7, 11) is 0. The van der Waals surface area contributed by atoms with Gasteiger partial charge < -0.3 is 9.64 Å². The summed E-state index contributed by atoms with van der Waals surface area (Å²) in [5, 5.41) is 2.33. The Balaban J connectivity index is 1.40. The fourth-order valence-corrected chi connectivity index (χ4v) is 5.55. The van der Waals surface area contributed by atoms with E-state index in [4.69, 9.17) is 4.74 Å². The third-order valence-corrected chi connectivity index (χ3v) is 7.15. The van der Waals surface area contributed by atoms with Gasteiger partial charge in [-0.05, 0) is 54.0 Å². The molecule has 0 bridgehead atoms. The third-order valence-electron chi connectivity index (χ3n) is 7.15. The van der Waals surface area contributed by atoms with Gasteiger partial charge in [0.2, 0.25) is 5.91 Å². The molecule has 1 unspecified atom stereocenters. The van der Waals surface area contributed by atoms with Gasteiger partial charge in [0.05, 0.1) is 18.6 Å². The van der Waals surface area contributed by atoms with E-state index in [-0.39, 0.29) is 17.6 Å². The zero-order chi connectivity index (χ0) is 22.0. The summed E-state index contributed by atoms with van der Waals surface area (Å²) >= 11 is 0. The number of hydrogen-bond donors (Lipinski definition) is 0. The normalized spacial score (nSPS) is 20.9. The van der Waals surface area contributed by atoms with Crippen LogP contribution in [0.2, 0.25) is 0 Å². The summed E-state index contributed by atoms with van der Waals surface area (Å²) in [6.45, 7) is 2.42. The van der Waals surface area contributed by atoms with E-state index in [2.05, 4.69) is 23.2 Å². The number of carbonyl (C=O) groups is 1. The highest BCUT2D eigenvalue weighted by atomic mass is 19.1. The number of benzene rings is 2. The van der Waals surface area contributed by atoms with Gasteiger partial charge >= 0.3 is 0 Å². The SMILES string of the molecule is O=C(N1CCOCC(Cc2cccc3ccncc23)C1)C1(c2cccc(F)c2)CCCC1. The van der Waals surface area contributed by atoms with Gasteiger partial charge in [0.1, 0.15) is 5.82 Å². The molecule has 2 aliphatic rings. The summed E-state index contributed by atoms with van der Waals surface area (Å²) in [6.07, 6.45) is 8.13. The second-order valence-corrected chi connectivity index (χ2v) is 9.21. The van der Waals surface area contributed by atoms with Crippen molar-refractivity contribution in [2.75, 3.05) is 26.3 Å². The van der Waals surface area contributed by atoms with E-state index in [9.17, 15) is 9.18 Å². The molecule has 1 saturated heterocycles. The Hall–Kier alpha value is -2.79. The Morgan fingerprint density at radius 2 is 2.00 bits per heavy atom. The highest BCUT2D eigenvalue weighted by Crippen LogP contribution is 2.43. The van der Waals surface area contributed by atoms with E-state index in [0.29, 0.717) is 26.3 Å². The number of ether oxygens (including phenoxy) is 1. The average molecular weight is 433 g/mol. The number of aromatic nitrogens is 1. The first-order valence-electron chi connectivity index (χ1n) is 11.6. The van der Waals surface area contributed by atoms with Crippen molar-refractivity contribution < 1.29 is 13.9 Å². The molecule has 166 valence electrons. The van der Waals surface area contributed by atoms with Crippen LogP contribution in [0.1, 0.15) is 36.8 Å². The molecule has 0 spiro atoms. The number of hydrogen-bond acceptors (Lipinski definition) is 3. The Labute approximate surface area is 188 Å². The van der Waals surface area contributed by atoms with Gasteiger partial charge in [-0.15, -0.1) is 0 Å². The Bertz CT molecular complexity index is 1100. The predicted molar refractivity (Wildman–Crippen MR) is 123 cm³/mol. The highest BCUT2D eigenvalue weighted by molar-refractivity contribution is 5.89. The maximum absolute atomic E-state index is 14.0. The molecule has 2 fully saturated rings. The number of amides is 1. The van der Waals surface area contributed by atoms with Crippen molar-refractivity contribution in [2.24, 2.45) is 5.92 Å². The minimum absolute atomic E-state index is 0.135. The van der Waals surface area contributed by atoms with Crippen LogP contribution in [0.4, 0.5) is 4.39 Å². The van der Waals surface area contributed by atoms with Crippen LogP contribution >= 0.6 is 0 Å². The largest absolute Gasteiger partial charge is 0.379 e. The predicted octanol–water partition coefficient (Wildman–Crippen LogP) is 4.90. The molecule has 1 atom stereocenters. The van der Waals surface area contributed by atoms with E-state index >= 15 is 0 Å². The van der Waals surface area contributed by atoms with Crippen LogP contribution in [-0.4, -0.2) is 42.1 Å². The van der Waals surface area contributed by atoms with E-state index < -0.39 is 5.41 Å². The minimum atomic E-state index is -0.611. The summed E-state index contributed by atoms with van der Waals surface area (Å²) < 4.78 is 20.0. The molecule has 3 aromatic rings. The van der Waals surface area contributed by atoms with Crippen molar-refractivity contribution in [2.45, 2.75) is 37.5 Å². The summed E-state index contributed by atoms with van der Waals surface area (Å²) in [4.78, 5) is 20.2. The first-order valence-corrected chi connectivity index (χ1v) is 11.6. The lowest BCUT2D eigenvalue weighted by Gasteiger charge is -2.35. The van der Waals surface area contributed by atoms with E-state index in [0.717, 1.165) is 43.1 Å². The number of rotatable bonds is 4. The molecule has 0 N–H and O–H groups in total. The lowest BCUT2D eigenvalue weighted by molar-refractivity contribution is -0.137. The molecule has 1 aliphatic carbocycles. The molecule has 2 aromatic carbocycles. The van der Waals surface area contributed by atoms with Crippen LogP contribution in [-0.2, 0) is 21.4 Å². The minimum Gasteiger partial charge on any atom is -0.379 e. The van der Waals surface area contributed by atoms with Crippen molar-refractivity contribution in [1.29, 1.82) is 0 Å². The Morgan fingerprint density at radius 1 is 1.16 bits per heavy atom. The van der Waals surface area contributed by atoms with Crippen LogP contribution in [0.5, 0.6) is 0 Å². The smallest absolute Gasteiger partial charge is 0.233 e. The Morgan fingerprint density at radius 3 is 2.84 bits per heavy atom. The van der Waals surface area contributed by atoms with Crippen LogP contribution in [0.15, 0.2) is 60.9 Å². The van der Waals surface area contributed by atoms with Gasteiger partial charge in [0.25, 0.3) is 0 Å². The topological polar surface area (TPSA) is 42.4 Å². The number of halogens is 1. The van der Waals surface area contributed by atoms with Crippen LogP contribution in [0.25, 0.3) is 10.8 Å². The number of pyridine rings is 1. The summed E-state index contributed by atoms with van der Waals surface area (Å²) in [5.41, 5.74) is 1.45. The van der Waals surface area contributed by atoms with Crippen molar-refractivity contribution in [3.8, 4) is 0 Å². The molecule has 1 amide bonds. The number of fused-ring (bicyclic) bond motifs is 1. The van der Waals surface area contributed by atoms with E-state index in [1.807, 2.05) is 29.4 Å². The highest BCUT2D eigenvalue weighted by Gasteiger charge is 2.45. The third kappa shape index (κ3) is 4.02. The molecule has 32 heavy (non-hydrogen) atoms. The quantitative estimate of drug-likeness (QED) is 0.589. The fraction of sp³-hybridized carbons (Fsp3) is 0.407. The van der Waals surface area contributed by atoms with E-state index in [1.54, 1.807) is 12.1 Å². The van der Waals surface area contributed by atoms with Gasteiger partial charge in [0.15, 0.2) is 0 Å². The van der Waals surface area contributed by atoms with Crippen molar-refractivity contribution in [3.63, 3.8) is 0 Å². The molecule has 1 aliphatic heterocycles. The van der Waals surface area contributed by atoms with Gasteiger partial charge in [-0.2, -0.15) is 0 Å². The molecule has 5 heteroatoms. The molecule has 4 nitrogen and oxygen atoms in total. The Kier molecular flexibility index (Phi) is 5.92. The fourth-order valence-electron chi connectivity index (χ4n) is 5.55. The lowest BCUT2D eigenvalue weighted by atomic mass is 9.77. The molecule has 5 rings (SSSR count). The molecule has 1 aromatic heterocycles.